The molecule has 2 fully saturated rings. The molecule has 0 amide bonds. The van der Waals surface area contributed by atoms with E-state index in [9.17, 15) is 8.42 Å². The minimum Gasteiger partial charge on any atom is -0.315 e. The maximum absolute atomic E-state index is 13.5. The van der Waals surface area contributed by atoms with Crippen LogP contribution in [0.1, 0.15) is 19.3 Å². The lowest BCUT2D eigenvalue weighted by Gasteiger charge is -2.28. The Kier molecular flexibility index (Phi) is 4.16. The van der Waals surface area contributed by atoms with Gasteiger partial charge in [0.2, 0.25) is 10.0 Å². The molecule has 0 radical (unpaired) electrons. The molecule has 2 heterocycles. The van der Waals surface area contributed by atoms with Crippen molar-refractivity contribution in [2.75, 3.05) is 13.1 Å². The predicted octanol–water partition coefficient (Wildman–Crippen LogP) is 2.87. The van der Waals surface area contributed by atoms with Crippen molar-refractivity contribution >= 4 is 10.0 Å². The lowest BCUT2D eigenvalue weighted by atomic mass is 10.1. The molecular formula is C19H22N2O2S. The number of fused-ring (bicyclic) bond motifs is 2. The summed E-state index contributed by atoms with van der Waals surface area (Å²) in [5.74, 6) is 0. The third-order valence-electron chi connectivity index (χ3n) is 5.11. The van der Waals surface area contributed by atoms with Crippen molar-refractivity contribution in [2.24, 2.45) is 0 Å². The summed E-state index contributed by atoms with van der Waals surface area (Å²) in [5, 5.41) is 3.37. The Bertz CT molecular complexity index is 806. The number of sulfonamides is 1. The average molecular weight is 342 g/mol. The van der Waals surface area contributed by atoms with Crippen LogP contribution in [-0.4, -0.2) is 37.9 Å². The minimum atomic E-state index is -3.51. The standard InChI is InChI=1S/C19H22N2O2S/c22-24(23,21-16-10-11-17(21)14-20-13-12-16)19-9-5-4-8-18(19)15-6-2-1-3-7-15/h1-9,16-17,20H,10-14H2. The van der Waals surface area contributed by atoms with Gasteiger partial charge < -0.3 is 5.32 Å². The van der Waals surface area contributed by atoms with Crippen LogP contribution < -0.4 is 5.32 Å². The van der Waals surface area contributed by atoms with E-state index >= 15 is 0 Å². The molecule has 5 heteroatoms. The third kappa shape index (κ3) is 2.66. The quantitative estimate of drug-likeness (QED) is 0.933. The van der Waals surface area contributed by atoms with Gasteiger partial charge in [0.15, 0.2) is 0 Å². The van der Waals surface area contributed by atoms with Gasteiger partial charge in [-0.3, -0.25) is 0 Å². The highest BCUT2D eigenvalue weighted by molar-refractivity contribution is 7.89. The van der Waals surface area contributed by atoms with Crippen LogP contribution in [0.2, 0.25) is 0 Å². The molecule has 2 unspecified atom stereocenters. The average Bonchev–Trinajstić information content (AvgIpc) is 2.89. The van der Waals surface area contributed by atoms with Crippen LogP contribution in [-0.2, 0) is 10.0 Å². The van der Waals surface area contributed by atoms with Crippen LogP contribution in [0.25, 0.3) is 11.1 Å². The number of nitrogens with one attached hydrogen (secondary N) is 1. The van der Waals surface area contributed by atoms with Gasteiger partial charge in [-0.05, 0) is 37.4 Å². The molecule has 1 N–H and O–H groups in total. The van der Waals surface area contributed by atoms with Crippen molar-refractivity contribution in [1.29, 1.82) is 0 Å². The van der Waals surface area contributed by atoms with E-state index in [0.29, 0.717) is 4.90 Å². The first kappa shape index (κ1) is 15.8. The Morgan fingerprint density at radius 2 is 1.58 bits per heavy atom. The van der Waals surface area contributed by atoms with Crippen molar-refractivity contribution in [1.82, 2.24) is 9.62 Å². The second kappa shape index (κ2) is 6.31. The van der Waals surface area contributed by atoms with E-state index < -0.39 is 10.0 Å². The molecule has 4 nitrogen and oxygen atoms in total. The van der Waals surface area contributed by atoms with Gasteiger partial charge in [-0.15, -0.1) is 0 Å². The Balaban J connectivity index is 1.81. The SMILES string of the molecule is O=S(=O)(c1ccccc1-c1ccccc1)N1C2CCNCC1CC2. The van der Waals surface area contributed by atoms with E-state index in [1.54, 1.807) is 10.4 Å². The fourth-order valence-electron chi connectivity index (χ4n) is 3.99. The maximum Gasteiger partial charge on any atom is 0.244 e. The zero-order valence-electron chi connectivity index (χ0n) is 13.6. The predicted molar refractivity (Wildman–Crippen MR) is 95.2 cm³/mol. The zero-order valence-corrected chi connectivity index (χ0v) is 14.4. The van der Waals surface area contributed by atoms with Gasteiger partial charge in [0.05, 0.1) is 4.90 Å². The monoisotopic (exact) mass is 342 g/mol. The molecule has 2 aromatic carbocycles. The van der Waals surface area contributed by atoms with Crippen LogP contribution in [0.5, 0.6) is 0 Å². The highest BCUT2D eigenvalue weighted by Gasteiger charge is 2.43. The first-order valence-electron chi connectivity index (χ1n) is 8.56. The van der Waals surface area contributed by atoms with Crippen molar-refractivity contribution in [3.8, 4) is 11.1 Å². The fraction of sp³-hybridized carbons (Fsp3) is 0.368. The highest BCUT2D eigenvalue weighted by Crippen LogP contribution is 2.37. The van der Waals surface area contributed by atoms with Crippen LogP contribution >= 0.6 is 0 Å². The molecule has 2 aliphatic rings. The van der Waals surface area contributed by atoms with Crippen LogP contribution in [0, 0.1) is 0 Å². The first-order chi connectivity index (χ1) is 11.7. The zero-order chi connectivity index (χ0) is 16.6. The van der Waals surface area contributed by atoms with E-state index in [1.165, 1.54) is 0 Å². The number of benzene rings is 2. The molecule has 2 aromatic rings. The smallest absolute Gasteiger partial charge is 0.244 e. The summed E-state index contributed by atoms with van der Waals surface area (Å²) >= 11 is 0. The Hall–Kier alpha value is -1.69. The first-order valence-corrected chi connectivity index (χ1v) is 10.0. The van der Waals surface area contributed by atoms with Crippen LogP contribution in [0.3, 0.4) is 0 Å². The third-order valence-corrected chi connectivity index (χ3v) is 7.18. The van der Waals surface area contributed by atoms with Crippen molar-refractivity contribution in [3.05, 3.63) is 54.6 Å². The largest absolute Gasteiger partial charge is 0.315 e. The molecule has 4 rings (SSSR count). The summed E-state index contributed by atoms with van der Waals surface area (Å²) in [6, 6.07) is 17.3. The van der Waals surface area contributed by atoms with Gasteiger partial charge >= 0.3 is 0 Å². The second-order valence-electron chi connectivity index (χ2n) is 6.57. The number of hydrogen-bond donors (Lipinski definition) is 1. The topological polar surface area (TPSA) is 49.4 Å². The van der Waals surface area contributed by atoms with Crippen LogP contribution in [0.15, 0.2) is 59.5 Å². The van der Waals surface area contributed by atoms with E-state index in [4.69, 9.17) is 0 Å². The van der Waals surface area contributed by atoms with Gasteiger partial charge in [0.25, 0.3) is 0 Å². The molecule has 2 saturated heterocycles. The van der Waals surface area contributed by atoms with Gasteiger partial charge in [-0.2, -0.15) is 4.31 Å². The van der Waals surface area contributed by atoms with Gasteiger partial charge in [-0.1, -0.05) is 48.5 Å². The van der Waals surface area contributed by atoms with Gasteiger partial charge in [-0.25, -0.2) is 8.42 Å². The van der Waals surface area contributed by atoms with Gasteiger partial charge in [0.1, 0.15) is 0 Å². The number of rotatable bonds is 3. The fourth-order valence-corrected chi connectivity index (χ4v) is 6.11. The molecule has 2 aliphatic heterocycles. The van der Waals surface area contributed by atoms with Crippen LogP contribution in [0.4, 0.5) is 0 Å². The molecule has 0 aliphatic carbocycles. The number of hydrogen-bond acceptors (Lipinski definition) is 3. The van der Waals surface area contributed by atoms with Crippen molar-refractivity contribution in [3.63, 3.8) is 0 Å². The van der Waals surface area contributed by atoms with E-state index in [2.05, 4.69) is 5.32 Å². The molecule has 0 aromatic heterocycles. The Morgan fingerprint density at radius 1 is 0.875 bits per heavy atom. The molecule has 0 saturated carbocycles. The molecule has 126 valence electrons. The lowest BCUT2D eigenvalue weighted by molar-refractivity contribution is 0.334. The molecule has 24 heavy (non-hydrogen) atoms. The van der Waals surface area contributed by atoms with E-state index in [1.807, 2.05) is 48.5 Å². The lowest BCUT2D eigenvalue weighted by Crippen LogP contribution is -2.42. The Morgan fingerprint density at radius 3 is 2.42 bits per heavy atom. The molecular weight excluding hydrogens is 320 g/mol. The summed E-state index contributed by atoms with van der Waals surface area (Å²) in [7, 11) is -3.51. The number of nitrogens with zero attached hydrogens (tertiary/aromatic N) is 1. The summed E-state index contributed by atoms with van der Waals surface area (Å²) in [5.41, 5.74) is 1.73. The molecule has 2 bridgehead atoms. The maximum atomic E-state index is 13.5. The second-order valence-corrected chi connectivity index (χ2v) is 8.39. The summed E-state index contributed by atoms with van der Waals surface area (Å²) in [6.07, 6.45) is 2.81. The normalized spacial score (nSPS) is 24.7. The minimum absolute atomic E-state index is 0.0753. The molecule has 0 spiro atoms. The van der Waals surface area contributed by atoms with Crippen molar-refractivity contribution < 1.29 is 8.42 Å². The van der Waals surface area contributed by atoms with Gasteiger partial charge in [0, 0.05) is 24.2 Å². The highest BCUT2D eigenvalue weighted by atomic mass is 32.2. The van der Waals surface area contributed by atoms with E-state index in [0.717, 1.165) is 43.5 Å². The summed E-state index contributed by atoms with van der Waals surface area (Å²) in [4.78, 5) is 0.426. The Labute approximate surface area is 143 Å². The summed E-state index contributed by atoms with van der Waals surface area (Å²) in [6.45, 7) is 1.65. The van der Waals surface area contributed by atoms with Crippen molar-refractivity contribution in [2.45, 2.75) is 36.2 Å². The molecule has 2 atom stereocenters. The summed E-state index contributed by atoms with van der Waals surface area (Å²) < 4.78 is 28.8. The van der Waals surface area contributed by atoms with E-state index in [-0.39, 0.29) is 12.1 Å².